The number of rotatable bonds is 5. The first-order valence-corrected chi connectivity index (χ1v) is 8.04. The molecule has 0 amide bonds. The van der Waals surface area contributed by atoms with Crippen LogP contribution in [0.4, 0.5) is 0 Å². The summed E-state index contributed by atoms with van der Waals surface area (Å²) in [6.45, 7) is 7.95. The largest absolute Gasteiger partial charge is 0.314 e. The van der Waals surface area contributed by atoms with Gasteiger partial charge in [0.2, 0.25) is 0 Å². The summed E-state index contributed by atoms with van der Waals surface area (Å²) < 4.78 is 0. The van der Waals surface area contributed by atoms with E-state index in [1.165, 1.54) is 44.2 Å². The Labute approximate surface area is 118 Å². The van der Waals surface area contributed by atoms with Crippen LogP contribution in [0.5, 0.6) is 0 Å². The SMILES string of the molecule is CCCNC1CCCC(c2ccc(C(C)C)cc2)C1. The monoisotopic (exact) mass is 259 g/mol. The average Bonchev–Trinajstić information content (AvgIpc) is 2.45. The van der Waals surface area contributed by atoms with Gasteiger partial charge in [0.15, 0.2) is 0 Å². The minimum absolute atomic E-state index is 0.638. The van der Waals surface area contributed by atoms with Crippen molar-refractivity contribution in [2.75, 3.05) is 6.54 Å². The Bertz CT molecular complexity index is 366. The van der Waals surface area contributed by atoms with Gasteiger partial charge in [0.25, 0.3) is 0 Å². The summed E-state index contributed by atoms with van der Waals surface area (Å²) >= 11 is 0. The van der Waals surface area contributed by atoms with Gasteiger partial charge in [-0.3, -0.25) is 0 Å². The van der Waals surface area contributed by atoms with Crippen LogP contribution in [0.25, 0.3) is 0 Å². The zero-order valence-electron chi connectivity index (χ0n) is 12.8. The van der Waals surface area contributed by atoms with E-state index in [1.54, 1.807) is 5.56 Å². The summed E-state index contributed by atoms with van der Waals surface area (Å²) in [5, 5.41) is 3.70. The predicted molar refractivity (Wildman–Crippen MR) is 83.8 cm³/mol. The second kappa shape index (κ2) is 7.09. The number of nitrogens with one attached hydrogen (secondary N) is 1. The molecule has 0 radical (unpaired) electrons. The second-order valence-corrected chi connectivity index (χ2v) is 6.34. The van der Waals surface area contributed by atoms with Crippen molar-refractivity contribution in [1.29, 1.82) is 0 Å². The molecule has 19 heavy (non-hydrogen) atoms. The summed E-state index contributed by atoms with van der Waals surface area (Å²) in [5.41, 5.74) is 3.01. The summed E-state index contributed by atoms with van der Waals surface area (Å²) in [5.74, 6) is 1.41. The summed E-state index contributed by atoms with van der Waals surface area (Å²) in [7, 11) is 0. The Morgan fingerprint density at radius 2 is 1.89 bits per heavy atom. The maximum atomic E-state index is 3.70. The third-order valence-electron chi connectivity index (χ3n) is 4.43. The maximum Gasteiger partial charge on any atom is 0.00728 e. The standard InChI is InChI=1S/C18H29N/c1-4-12-19-18-7-5-6-17(13-18)16-10-8-15(9-11-16)14(2)3/h8-11,14,17-19H,4-7,12-13H2,1-3H3. The van der Waals surface area contributed by atoms with Crippen molar-refractivity contribution >= 4 is 0 Å². The van der Waals surface area contributed by atoms with E-state index < -0.39 is 0 Å². The fraction of sp³-hybridized carbons (Fsp3) is 0.667. The molecule has 1 aliphatic rings. The van der Waals surface area contributed by atoms with Crippen molar-refractivity contribution in [2.24, 2.45) is 0 Å². The van der Waals surface area contributed by atoms with Crippen LogP contribution in [0.2, 0.25) is 0 Å². The van der Waals surface area contributed by atoms with Gasteiger partial charge in [-0.25, -0.2) is 0 Å². The predicted octanol–water partition coefficient (Wildman–Crippen LogP) is 4.84. The molecular weight excluding hydrogens is 230 g/mol. The highest BCUT2D eigenvalue weighted by Crippen LogP contribution is 2.33. The molecule has 0 heterocycles. The third kappa shape index (κ3) is 4.07. The van der Waals surface area contributed by atoms with Gasteiger partial charge in [-0.2, -0.15) is 0 Å². The van der Waals surface area contributed by atoms with Crippen molar-refractivity contribution in [3.63, 3.8) is 0 Å². The molecule has 1 fully saturated rings. The van der Waals surface area contributed by atoms with Crippen LogP contribution in [0.3, 0.4) is 0 Å². The first-order valence-electron chi connectivity index (χ1n) is 8.04. The molecule has 2 atom stereocenters. The molecular formula is C18H29N. The van der Waals surface area contributed by atoms with Crippen LogP contribution in [0.1, 0.15) is 75.8 Å². The molecule has 1 aliphatic carbocycles. The van der Waals surface area contributed by atoms with Gasteiger partial charge in [-0.05, 0) is 55.2 Å². The van der Waals surface area contributed by atoms with Crippen molar-refractivity contribution < 1.29 is 0 Å². The van der Waals surface area contributed by atoms with Crippen LogP contribution >= 0.6 is 0 Å². The highest BCUT2D eigenvalue weighted by molar-refractivity contribution is 5.27. The van der Waals surface area contributed by atoms with Gasteiger partial charge < -0.3 is 5.32 Å². The summed E-state index contributed by atoms with van der Waals surface area (Å²) in [4.78, 5) is 0. The van der Waals surface area contributed by atoms with E-state index in [-0.39, 0.29) is 0 Å². The van der Waals surface area contributed by atoms with Crippen molar-refractivity contribution in [3.05, 3.63) is 35.4 Å². The molecule has 1 saturated carbocycles. The van der Waals surface area contributed by atoms with Gasteiger partial charge in [-0.1, -0.05) is 51.5 Å². The number of benzene rings is 1. The fourth-order valence-electron chi connectivity index (χ4n) is 3.18. The molecule has 1 aromatic rings. The van der Waals surface area contributed by atoms with Crippen molar-refractivity contribution in [3.8, 4) is 0 Å². The van der Waals surface area contributed by atoms with Crippen molar-refractivity contribution in [2.45, 2.75) is 70.8 Å². The molecule has 106 valence electrons. The quantitative estimate of drug-likeness (QED) is 0.798. The first kappa shape index (κ1) is 14.6. The smallest absolute Gasteiger partial charge is 0.00728 e. The Balaban J connectivity index is 1.96. The Kier molecular flexibility index (Phi) is 5.45. The molecule has 0 spiro atoms. The topological polar surface area (TPSA) is 12.0 Å². The maximum absolute atomic E-state index is 3.70. The molecule has 1 heteroatoms. The lowest BCUT2D eigenvalue weighted by atomic mass is 9.81. The van der Waals surface area contributed by atoms with E-state index in [9.17, 15) is 0 Å². The molecule has 1 N–H and O–H groups in total. The molecule has 1 nitrogen and oxygen atoms in total. The Hall–Kier alpha value is -0.820. The van der Waals surface area contributed by atoms with Crippen LogP contribution < -0.4 is 5.32 Å². The van der Waals surface area contributed by atoms with Crippen LogP contribution in [-0.2, 0) is 0 Å². The lowest BCUT2D eigenvalue weighted by molar-refractivity contribution is 0.340. The van der Waals surface area contributed by atoms with Gasteiger partial charge in [0.05, 0.1) is 0 Å². The van der Waals surface area contributed by atoms with Gasteiger partial charge in [0, 0.05) is 6.04 Å². The highest BCUT2D eigenvalue weighted by atomic mass is 14.9. The zero-order valence-corrected chi connectivity index (χ0v) is 12.8. The normalized spacial score (nSPS) is 23.8. The van der Waals surface area contributed by atoms with Crippen LogP contribution in [0.15, 0.2) is 24.3 Å². The second-order valence-electron chi connectivity index (χ2n) is 6.34. The van der Waals surface area contributed by atoms with E-state index in [2.05, 4.69) is 50.4 Å². The van der Waals surface area contributed by atoms with E-state index in [1.807, 2.05) is 0 Å². The Morgan fingerprint density at radius 3 is 2.53 bits per heavy atom. The van der Waals surface area contributed by atoms with Crippen molar-refractivity contribution in [1.82, 2.24) is 5.32 Å². The lowest BCUT2D eigenvalue weighted by Crippen LogP contribution is -2.33. The average molecular weight is 259 g/mol. The highest BCUT2D eigenvalue weighted by Gasteiger charge is 2.22. The minimum Gasteiger partial charge on any atom is -0.314 e. The van der Waals surface area contributed by atoms with E-state index in [0.29, 0.717) is 5.92 Å². The lowest BCUT2D eigenvalue weighted by Gasteiger charge is -2.30. The first-order chi connectivity index (χ1) is 9.20. The fourth-order valence-corrected chi connectivity index (χ4v) is 3.18. The van der Waals surface area contributed by atoms with E-state index >= 15 is 0 Å². The third-order valence-corrected chi connectivity index (χ3v) is 4.43. The molecule has 0 saturated heterocycles. The molecule has 0 bridgehead atoms. The van der Waals surface area contributed by atoms with Gasteiger partial charge >= 0.3 is 0 Å². The molecule has 2 unspecified atom stereocenters. The number of hydrogen-bond donors (Lipinski definition) is 1. The minimum atomic E-state index is 0.638. The van der Waals surface area contributed by atoms with Gasteiger partial charge in [0.1, 0.15) is 0 Å². The molecule has 1 aromatic carbocycles. The zero-order chi connectivity index (χ0) is 13.7. The summed E-state index contributed by atoms with van der Waals surface area (Å²) in [6.07, 6.45) is 6.66. The molecule has 0 aromatic heterocycles. The summed E-state index contributed by atoms with van der Waals surface area (Å²) in [6, 6.07) is 10.1. The molecule has 0 aliphatic heterocycles. The van der Waals surface area contributed by atoms with Gasteiger partial charge in [-0.15, -0.1) is 0 Å². The number of hydrogen-bond acceptors (Lipinski definition) is 1. The molecule has 2 rings (SSSR count). The van der Waals surface area contributed by atoms with Crippen LogP contribution in [-0.4, -0.2) is 12.6 Å². The Morgan fingerprint density at radius 1 is 1.16 bits per heavy atom. The van der Waals surface area contributed by atoms with E-state index in [0.717, 1.165) is 12.0 Å². The van der Waals surface area contributed by atoms with E-state index in [4.69, 9.17) is 0 Å². The van der Waals surface area contributed by atoms with Crippen LogP contribution in [0, 0.1) is 0 Å².